The summed E-state index contributed by atoms with van der Waals surface area (Å²) in [5.41, 5.74) is 6.93. The normalized spacial score (nSPS) is 10.2. The van der Waals surface area contributed by atoms with Crippen molar-refractivity contribution in [2.24, 2.45) is 5.73 Å². The van der Waals surface area contributed by atoms with Crippen LogP contribution in [-0.4, -0.2) is 37.0 Å². The Morgan fingerprint density at radius 1 is 1.20 bits per heavy atom. The first kappa shape index (κ1) is 18.3. The third-order valence-corrected chi connectivity index (χ3v) is 3.60. The van der Waals surface area contributed by atoms with Crippen molar-refractivity contribution in [3.63, 3.8) is 0 Å². The van der Waals surface area contributed by atoms with Gasteiger partial charge >= 0.3 is 6.03 Å². The molecule has 2 aromatic rings. The second kappa shape index (κ2) is 8.14. The number of hydrogen-bond donors (Lipinski definition) is 2. The van der Waals surface area contributed by atoms with E-state index in [4.69, 9.17) is 10.5 Å². The number of nitrogens with zero attached hydrogens (tertiary/aromatic N) is 1. The van der Waals surface area contributed by atoms with Crippen LogP contribution in [0.3, 0.4) is 0 Å². The minimum atomic E-state index is -0.509. The lowest BCUT2D eigenvalue weighted by molar-refractivity contribution is 0.0999. The molecule has 0 aromatic heterocycles. The van der Waals surface area contributed by atoms with E-state index in [0.29, 0.717) is 29.1 Å². The van der Waals surface area contributed by atoms with Gasteiger partial charge in [0.25, 0.3) is 0 Å². The molecule has 0 saturated carbocycles. The van der Waals surface area contributed by atoms with Gasteiger partial charge in [-0.2, -0.15) is 0 Å². The van der Waals surface area contributed by atoms with E-state index in [1.165, 1.54) is 29.2 Å². The maximum Gasteiger partial charge on any atom is 0.321 e. The van der Waals surface area contributed by atoms with Gasteiger partial charge in [0.2, 0.25) is 5.91 Å². The van der Waals surface area contributed by atoms with Crippen LogP contribution in [0.1, 0.15) is 15.9 Å². The molecule has 0 fully saturated rings. The summed E-state index contributed by atoms with van der Waals surface area (Å²) in [6.07, 6.45) is 0. The van der Waals surface area contributed by atoms with Crippen LogP contribution in [0.15, 0.2) is 42.5 Å². The number of urea groups is 1. The van der Waals surface area contributed by atoms with Crippen molar-refractivity contribution in [3.8, 4) is 5.75 Å². The van der Waals surface area contributed by atoms with Gasteiger partial charge in [-0.15, -0.1) is 0 Å². The Bertz CT molecular complexity index is 763. The topological polar surface area (TPSA) is 84.7 Å². The van der Waals surface area contributed by atoms with Crippen molar-refractivity contribution in [1.29, 1.82) is 0 Å². The fourth-order valence-corrected chi connectivity index (χ4v) is 2.17. The Balaban J connectivity index is 1.84. The number of benzene rings is 2. The largest absolute Gasteiger partial charge is 0.492 e. The fourth-order valence-electron chi connectivity index (χ4n) is 2.17. The van der Waals surface area contributed by atoms with Crippen LogP contribution in [-0.2, 0) is 0 Å². The summed E-state index contributed by atoms with van der Waals surface area (Å²) in [6, 6.07) is 10.2. The molecular formula is C18H20FN3O3. The summed E-state index contributed by atoms with van der Waals surface area (Å²) >= 11 is 0. The van der Waals surface area contributed by atoms with Crippen molar-refractivity contribution in [1.82, 2.24) is 4.90 Å². The highest BCUT2D eigenvalue weighted by molar-refractivity contribution is 5.95. The zero-order valence-corrected chi connectivity index (χ0v) is 14.1. The summed E-state index contributed by atoms with van der Waals surface area (Å²) < 4.78 is 18.3. The molecule has 6 nitrogen and oxygen atoms in total. The van der Waals surface area contributed by atoms with E-state index in [1.807, 2.05) is 0 Å². The van der Waals surface area contributed by atoms with E-state index < -0.39 is 5.91 Å². The summed E-state index contributed by atoms with van der Waals surface area (Å²) in [6.45, 7) is 2.37. The Kier molecular flexibility index (Phi) is 5.94. The molecule has 0 saturated heterocycles. The molecule has 7 heteroatoms. The number of hydrogen-bond acceptors (Lipinski definition) is 3. The van der Waals surface area contributed by atoms with E-state index >= 15 is 0 Å². The van der Waals surface area contributed by atoms with Gasteiger partial charge in [-0.3, -0.25) is 4.79 Å². The first-order valence-corrected chi connectivity index (χ1v) is 7.68. The molecule has 0 spiro atoms. The number of amides is 3. The zero-order chi connectivity index (χ0) is 18.4. The maximum atomic E-state index is 12.8. The average molecular weight is 345 g/mol. The van der Waals surface area contributed by atoms with Gasteiger partial charge in [0.1, 0.15) is 18.2 Å². The third-order valence-electron chi connectivity index (χ3n) is 3.60. The number of likely N-dealkylation sites (N-methyl/N-ethyl adjacent to an activating group) is 1. The first-order valence-electron chi connectivity index (χ1n) is 7.68. The number of primary amides is 1. The Morgan fingerprint density at radius 2 is 1.88 bits per heavy atom. The standard InChI is InChI=1S/C18H20FN3O3/c1-12-11-14(5-8-16(12)17(20)23)21-18(24)22(2)9-10-25-15-6-3-13(19)4-7-15/h3-8,11H,9-10H2,1-2H3,(H2,20,23)(H,21,24). The highest BCUT2D eigenvalue weighted by Crippen LogP contribution is 2.15. The van der Waals surface area contributed by atoms with Crippen LogP contribution in [0.4, 0.5) is 14.9 Å². The zero-order valence-electron chi connectivity index (χ0n) is 14.1. The lowest BCUT2D eigenvalue weighted by Gasteiger charge is -2.18. The van der Waals surface area contributed by atoms with Crippen LogP contribution >= 0.6 is 0 Å². The molecule has 0 aliphatic heterocycles. The summed E-state index contributed by atoms with van der Waals surface area (Å²) in [5, 5.41) is 2.73. The van der Waals surface area contributed by atoms with Gasteiger partial charge in [-0.1, -0.05) is 0 Å². The molecule has 25 heavy (non-hydrogen) atoms. The quantitative estimate of drug-likeness (QED) is 0.844. The molecule has 0 heterocycles. The third kappa shape index (κ3) is 5.20. The molecule has 0 unspecified atom stereocenters. The minimum absolute atomic E-state index is 0.273. The Hall–Kier alpha value is -3.09. The SMILES string of the molecule is Cc1cc(NC(=O)N(C)CCOc2ccc(F)cc2)ccc1C(N)=O. The van der Waals surface area contributed by atoms with Gasteiger partial charge in [0.05, 0.1) is 6.54 Å². The van der Waals surface area contributed by atoms with Crippen LogP contribution in [0.25, 0.3) is 0 Å². The molecule has 0 aliphatic rings. The van der Waals surface area contributed by atoms with Crippen molar-refractivity contribution in [3.05, 3.63) is 59.4 Å². The molecule has 0 radical (unpaired) electrons. The van der Waals surface area contributed by atoms with Crippen molar-refractivity contribution in [2.45, 2.75) is 6.92 Å². The number of rotatable bonds is 6. The molecule has 3 N–H and O–H groups in total. The first-order chi connectivity index (χ1) is 11.9. The number of anilines is 1. The maximum absolute atomic E-state index is 12.8. The van der Waals surface area contributed by atoms with Crippen molar-refractivity contribution >= 4 is 17.6 Å². The molecule has 2 aromatic carbocycles. The number of halogens is 1. The van der Waals surface area contributed by atoms with Gasteiger partial charge in [-0.25, -0.2) is 9.18 Å². The molecule has 132 valence electrons. The Labute approximate surface area is 145 Å². The second-order valence-corrected chi connectivity index (χ2v) is 5.55. The number of ether oxygens (including phenoxy) is 1. The molecular weight excluding hydrogens is 325 g/mol. The fraction of sp³-hybridized carbons (Fsp3) is 0.222. The van der Waals surface area contributed by atoms with Crippen molar-refractivity contribution < 1.29 is 18.7 Å². The highest BCUT2D eigenvalue weighted by atomic mass is 19.1. The average Bonchev–Trinajstić information content (AvgIpc) is 2.56. The van der Waals surface area contributed by atoms with E-state index in [0.717, 1.165) is 0 Å². The summed E-state index contributed by atoms with van der Waals surface area (Å²) in [5.74, 6) is -0.306. The predicted molar refractivity (Wildman–Crippen MR) is 93.2 cm³/mol. The Morgan fingerprint density at radius 3 is 2.48 bits per heavy atom. The molecule has 0 aliphatic carbocycles. The van der Waals surface area contributed by atoms with Crippen LogP contribution in [0.5, 0.6) is 5.75 Å². The molecule has 0 atom stereocenters. The monoisotopic (exact) mass is 345 g/mol. The highest BCUT2D eigenvalue weighted by Gasteiger charge is 2.11. The van der Waals surface area contributed by atoms with Crippen LogP contribution < -0.4 is 15.8 Å². The molecule has 3 amide bonds. The smallest absolute Gasteiger partial charge is 0.321 e. The van der Waals surface area contributed by atoms with E-state index in [9.17, 15) is 14.0 Å². The number of nitrogens with two attached hydrogens (primary N) is 1. The summed E-state index contributed by atoms with van der Waals surface area (Å²) in [4.78, 5) is 24.8. The van der Waals surface area contributed by atoms with E-state index in [-0.39, 0.29) is 18.5 Å². The number of carbonyl (C=O) groups excluding carboxylic acids is 2. The number of nitrogens with one attached hydrogen (secondary N) is 1. The van der Waals surface area contributed by atoms with E-state index in [1.54, 1.807) is 32.2 Å². The van der Waals surface area contributed by atoms with Gasteiger partial charge < -0.3 is 20.7 Å². The van der Waals surface area contributed by atoms with Crippen LogP contribution in [0, 0.1) is 12.7 Å². The second-order valence-electron chi connectivity index (χ2n) is 5.55. The lowest BCUT2D eigenvalue weighted by atomic mass is 10.1. The predicted octanol–water partition coefficient (Wildman–Crippen LogP) is 2.78. The number of carbonyl (C=O) groups is 2. The minimum Gasteiger partial charge on any atom is -0.492 e. The number of aryl methyl sites for hydroxylation is 1. The van der Waals surface area contributed by atoms with Crippen molar-refractivity contribution in [2.75, 3.05) is 25.5 Å². The van der Waals surface area contributed by atoms with E-state index in [2.05, 4.69) is 5.32 Å². The summed E-state index contributed by atoms with van der Waals surface area (Å²) in [7, 11) is 1.63. The van der Waals surface area contributed by atoms with Crippen LogP contribution in [0.2, 0.25) is 0 Å². The lowest BCUT2D eigenvalue weighted by Crippen LogP contribution is -2.34. The van der Waals surface area contributed by atoms with Gasteiger partial charge in [0.15, 0.2) is 0 Å². The molecule has 2 rings (SSSR count). The van der Waals surface area contributed by atoms with Gasteiger partial charge in [0, 0.05) is 18.3 Å². The molecule has 0 bridgehead atoms. The van der Waals surface area contributed by atoms with Gasteiger partial charge in [-0.05, 0) is 55.0 Å².